The molecule has 0 saturated carbocycles. The van der Waals surface area contributed by atoms with E-state index in [1.54, 1.807) is 0 Å². The number of carboxylic acids is 1. The lowest BCUT2D eigenvalue weighted by molar-refractivity contribution is -0.122. The summed E-state index contributed by atoms with van der Waals surface area (Å²) in [4.78, 5) is 22.9. The molecule has 1 heterocycles. The molecule has 1 aliphatic rings. The first-order valence-corrected chi connectivity index (χ1v) is 7.14. The van der Waals surface area contributed by atoms with Gasteiger partial charge in [-0.25, -0.2) is 9.48 Å². The van der Waals surface area contributed by atoms with Crippen LogP contribution in [0.2, 0.25) is 0 Å². The number of hydrogen-bond acceptors (Lipinski definition) is 4. The second kappa shape index (κ2) is 5.97. The molecule has 1 unspecified atom stereocenters. The Morgan fingerprint density at radius 1 is 1.36 bits per heavy atom. The fourth-order valence-electron chi connectivity index (χ4n) is 2.76. The summed E-state index contributed by atoms with van der Waals surface area (Å²) in [6, 6.07) is 8.10. The zero-order valence-electron chi connectivity index (χ0n) is 11.9. The van der Waals surface area contributed by atoms with Crippen molar-refractivity contribution < 1.29 is 14.7 Å². The minimum Gasteiger partial charge on any atom is -0.476 e. The van der Waals surface area contributed by atoms with Crippen molar-refractivity contribution in [2.45, 2.75) is 31.8 Å². The van der Waals surface area contributed by atoms with Gasteiger partial charge in [-0.05, 0) is 30.4 Å². The van der Waals surface area contributed by atoms with Crippen molar-refractivity contribution in [3.05, 3.63) is 47.3 Å². The third-order valence-electron chi connectivity index (χ3n) is 3.77. The second-order valence-electron chi connectivity index (χ2n) is 5.32. The van der Waals surface area contributed by atoms with Crippen molar-refractivity contribution in [1.82, 2.24) is 20.3 Å². The third-order valence-corrected chi connectivity index (χ3v) is 3.77. The van der Waals surface area contributed by atoms with E-state index in [1.165, 1.54) is 16.4 Å². The maximum absolute atomic E-state index is 12.1. The number of hydrogen-bond donors (Lipinski definition) is 2. The molecule has 0 spiro atoms. The molecule has 7 heteroatoms. The predicted molar refractivity (Wildman–Crippen MR) is 77.2 cm³/mol. The first kappa shape index (κ1) is 14.2. The zero-order chi connectivity index (χ0) is 15.5. The van der Waals surface area contributed by atoms with E-state index in [1.807, 2.05) is 18.2 Å². The summed E-state index contributed by atoms with van der Waals surface area (Å²) < 4.78 is 1.23. The molecule has 1 aromatic heterocycles. The van der Waals surface area contributed by atoms with Crippen LogP contribution in [0.25, 0.3) is 0 Å². The smallest absolute Gasteiger partial charge is 0.358 e. The highest BCUT2D eigenvalue weighted by Gasteiger charge is 2.21. The van der Waals surface area contributed by atoms with Gasteiger partial charge in [0.05, 0.1) is 12.2 Å². The van der Waals surface area contributed by atoms with Gasteiger partial charge in [0.25, 0.3) is 0 Å². The van der Waals surface area contributed by atoms with Crippen LogP contribution in [0.3, 0.4) is 0 Å². The van der Waals surface area contributed by atoms with Crippen molar-refractivity contribution in [3.8, 4) is 0 Å². The molecule has 1 aliphatic carbocycles. The normalized spacial score (nSPS) is 16.8. The van der Waals surface area contributed by atoms with Crippen LogP contribution in [0.1, 0.15) is 40.5 Å². The lowest BCUT2D eigenvalue weighted by Crippen LogP contribution is -2.33. The molecule has 2 aromatic rings. The number of nitrogens with zero attached hydrogens (tertiary/aromatic N) is 3. The van der Waals surface area contributed by atoms with Crippen LogP contribution in [-0.4, -0.2) is 32.0 Å². The van der Waals surface area contributed by atoms with E-state index in [9.17, 15) is 9.59 Å². The summed E-state index contributed by atoms with van der Waals surface area (Å²) in [6.45, 7) is -0.0427. The molecule has 2 N–H and O–H groups in total. The van der Waals surface area contributed by atoms with Gasteiger partial charge < -0.3 is 10.4 Å². The van der Waals surface area contributed by atoms with Gasteiger partial charge in [-0.2, -0.15) is 0 Å². The number of amides is 1. The van der Waals surface area contributed by atoms with Gasteiger partial charge in [-0.1, -0.05) is 29.5 Å². The van der Waals surface area contributed by atoms with Crippen LogP contribution >= 0.6 is 0 Å². The number of fused-ring (bicyclic) bond motifs is 1. The van der Waals surface area contributed by atoms with Crippen LogP contribution in [0, 0.1) is 0 Å². The Balaban J connectivity index is 1.66. The fraction of sp³-hybridized carbons (Fsp3) is 0.333. The van der Waals surface area contributed by atoms with E-state index in [2.05, 4.69) is 21.7 Å². The average Bonchev–Trinajstić information content (AvgIpc) is 2.96. The first-order chi connectivity index (χ1) is 10.6. The summed E-state index contributed by atoms with van der Waals surface area (Å²) in [5.41, 5.74) is 2.26. The van der Waals surface area contributed by atoms with Gasteiger partial charge >= 0.3 is 5.97 Å². The molecule has 114 valence electrons. The standard InChI is InChI=1S/C15H16N4O3/c20-14(9-19-8-13(15(21)22)17-18-19)16-12-7-3-5-10-4-1-2-6-11(10)12/h1-2,4,6,8,12H,3,5,7,9H2,(H,16,20)(H,21,22). The van der Waals surface area contributed by atoms with Gasteiger partial charge in [-0.3, -0.25) is 4.79 Å². The number of aromatic nitrogens is 3. The fourth-order valence-corrected chi connectivity index (χ4v) is 2.76. The molecule has 0 radical (unpaired) electrons. The quantitative estimate of drug-likeness (QED) is 0.883. The molecule has 0 aliphatic heterocycles. The number of benzene rings is 1. The molecule has 1 aromatic carbocycles. The summed E-state index contributed by atoms with van der Waals surface area (Å²) in [5.74, 6) is -1.36. The van der Waals surface area contributed by atoms with E-state index in [0.717, 1.165) is 24.8 Å². The molecule has 0 fully saturated rings. The van der Waals surface area contributed by atoms with Gasteiger partial charge in [0, 0.05) is 0 Å². The lowest BCUT2D eigenvalue weighted by atomic mass is 9.88. The molecule has 7 nitrogen and oxygen atoms in total. The Bertz CT molecular complexity index is 710. The van der Waals surface area contributed by atoms with Crippen LogP contribution in [-0.2, 0) is 17.8 Å². The minimum absolute atomic E-state index is 0.0000782. The van der Waals surface area contributed by atoms with E-state index in [4.69, 9.17) is 5.11 Å². The summed E-state index contributed by atoms with van der Waals surface area (Å²) in [6.07, 6.45) is 4.22. The third kappa shape index (κ3) is 2.98. The molecule has 1 amide bonds. The van der Waals surface area contributed by atoms with E-state index < -0.39 is 5.97 Å². The van der Waals surface area contributed by atoms with Crippen LogP contribution < -0.4 is 5.32 Å². The minimum atomic E-state index is -1.16. The summed E-state index contributed by atoms with van der Waals surface area (Å²) in [7, 11) is 0. The number of carbonyl (C=O) groups is 2. The van der Waals surface area contributed by atoms with Gasteiger partial charge in [0.1, 0.15) is 6.54 Å². The summed E-state index contributed by atoms with van der Waals surface area (Å²) in [5, 5.41) is 18.9. The average molecular weight is 300 g/mol. The van der Waals surface area contributed by atoms with Crippen molar-refractivity contribution in [2.75, 3.05) is 0 Å². The first-order valence-electron chi connectivity index (χ1n) is 7.14. The number of carbonyl (C=O) groups excluding carboxylic acids is 1. The second-order valence-corrected chi connectivity index (χ2v) is 5.32. The number of aromatic carboxylic acids is 1. The number of carboxylic acid groups (broad SMARTS) is 1. The van der Waals surface area contributed by atoms with Gasteiger partial charge in [0.2, 0.25) is 5.91 Å². The molecular formula is C15H16N4O3. The molecule has 0 saturated heterocycles. The Kier molecular flexibility index (Phi) is 3.86. The van der Waals surface area contributed by atoms with E-state index in [-0.39, 0.29) is 24.2 Å². The Hall–Kier alpha value is -2.70. The van der Waals surface area contributed by atoms with Crippen LogP contribution in [0.4, 0.5) is 0 Å². The highest BCUT2D eigenvalue weighted by Crippen LogP contribution is 2.29. The Morgan fingerprint density at radius 3 is 2.95 bits per heavy atom. The topological polar surface area (TPSA) is 97.1 Å². The van der Waals surface area contributed by atoms with Crippen molar-refractivity contribution in [1.29, 1.82) is 0 Å². The Labute approximate surface area is 126 Å². The Morgan fingerprint density at radius 2 is 2.18 bits per heavy atom. The molecule has 22 heavy (non-hydrogen) atoms. The number of rotatable bonds is 4. The van der Waals surface area contributed by atoms with Crippen molar-refractivity contribution in [2.24, 2.45) is 0 Å². The molecule has 3 rings (SSSR count). The number of aryl methyl sites for hydroxylation is 1. The monoisotopic (exact) mass is 300 g/mol. The van der Waals surface area contributed by atoms with Crippen molar-refractivity contribution >= 4 is 11.9 Å². The highest BCUT2D eigenvalue weighted by atomic mass is 16.4. The highest BCUT2D eigenvalue weighted by molar-refractivity contribution is 5.84. The molecule has 1 atom stereocenters. The maximum atomic E-state index is 12.1. The van der Waals surface area contributed by atoms with Crippen LogP contribution in [0.15, 0.2) is 30.5 Å². The van der Waals surface area contributed by atoms with Gasteiger partial charge in [0.15, 0.2) is 5.69 Å². The SMILES string of the molecule is O=C(Cn1cc(C(=O)O)nn1)NC1CCCc2ccccc21. The van der Waals surface area contributed by atoms with E-state index in [0.29, 0.717) is 0 Å². The van der Waals surface area contributed by atoms with Crippen molar-refractivity contribution in [3.63, 3.8) is 0 Å². The van der Waals surface area contributed by atoms with Gasteiger partial charge in [-0.15, -0.1) is 5.10 Å². The number of nitrogens with one attached hydrogen (secondary N) is 1. The van der Waals surface area contributed by atoms with E-state index >= 15 is 0 Å². The largest absolute Gasteiger partial charge is 0.476 e. The lowest BCUT2D eigenvalue weighted by Gasteiger charge is -2.26. The molecule has 0 bridgehead atoms. The zero-order valence-corrected chi connectivity index (χ0v) is 11.9. The van der Waals surface area contributed by atoms with Crippen LogP contribution in [0.5, 0.6) is 0 Å². The predicted octanol–water partition coefficient (Wildman–Crippen LogP) is 1.17. The molecular weight excluding hydrogens is 284 g/mol. The summed E-state index contributed by atoms with van der Waals surface area (Å²) >= 11 is 0. The maximum Gasteiger partial charge on any atom is 0.358 e.